The molecule has 2 rings (SSSR count). The Balaban J connectivity index is 0.00000544. The molecule has 0 unspecified atom stereocenters. The molecule has 0 saturated carbocycles. The molecule has 0 atom stereocenters. The van der Waals surface area contributed by atoms with Gasteiger partial charge in [-0.05, 0) is 35.4 Å². The molecule has 0 heterocycles. The minimum atomic E-state index is -4.98. The van der Waals surface area contributed by atoms with Crippen LogP contribution in [0, 0.1) is 0 Å². The van der Waals surface area contributed by atoms with Crippen LogP contribution in [0.1, 0.15) is 18.1 Å². The number of ether oxygens (including phenoxy) is 1. The number of carbonyl (C=O) groups excluding carboxylic acids is 2. The molecule has 0 aromatic heterocycles. The van der Waals surface area contributed by atoms with Gasteiger partial charge in [0, 0.05) is 25.4 Å². The Morgan fingerprint density at radius 3 is 1.62 bits per heavy atom. The summed E-state index contributed by atoms with van der Waals surface area (Å²) in [5, 5.41) is 4.71. The van der Waals surface area contributed by atoms with E-state index in [0.29, 0.717) is 0 Å². The van der Waals surface area contributed by atoms with E-state index in [2.05, 4.69) is 15.4 Å². The first-order valence-corrected chi connectivity index (χ1v) is 11.6. The van der Waals surface area contributed by atoms with Crippen molar-refractivity contribution in [2.45, 2.75) is 16.7 Å². The summed E-state index contributed by atoms with van der Waals surface area (Å²) in [7, 11) is -8.64. The molecule has 2 aromatic rings. The number of anilines is 2. The van der Waals surface area contributed by atoms with Crippen LogP contribution in [0.4, 0.5) is 11.4 Å². The van der Waals surface area contributed by atoms with Crippen LogP contribution in [0.25, 0.3) is 12.2 Å². The van der Waals surface area contributed by atoms with Crippen LogP contribution in [0.2, 0.25) is 0 Å². The Morgan fingerprint density at radius 1 is 0.853 bits per heavy atom. The van der Waals surface area contributed by atoms with E-state index in [4.69, 9.17) is 0 Å². The topological polar surface area (TPSA) is 182 Å². The molecule has 0 aliphatic heterocycles. The van der Waals surface area contributed by atoms with Crippen LogP contribution in [0.5, 0.6) is 0 Å². The third-order valence-corrected chi connectivity index (χ3v) is 5.67. The van der Waals surface area contributed by atoms with Crippen molar-refractivity contribution >= 4 is 55.6 Å². The summed E-state index contributed by atoms with van der Waals surface area (Å²) in [6.07, 6.45) is 2.27. The predicted octanol–water partition coefficient (Wildman–Crippen LogP) is -4.78. The quantitative estimate of drug-likeness (QED) is 0.193. The average molecular weight is 528 g/mol. The molecule has 15 heteroatoms. The SMILES string of the molecule is COCC(=O)Nc1ccc(C=Cc2ccc(NC(C)=O)cc2S(=O)(=O)[O-])c(S(=O)(=O)[O-])c1.[Na+].[Na+]. The van der Waals surface area contributed by atoms with Crippen molar-refractivity contribution in [3.63, 3.8) is 0 Å². The van der Waals surface area contributed by atoms with Crippen molar-refractivity contribution in [1.29, 1.82) is 0 Å². The molecule has 0 aliphatic rings. The third kappa shape index (κ3) is 9.87. The first kappa shape index (κ1) is 32.9. The first-order valence-electron chi connectivity index (χ1n) is 8.75. The van der Waals surface area contributed by atoms with Crippen LogP contribution >= 0.6 is 0 Å². The fraction of sp³-hybridized carbons (Fsp3) is 0.158. The smallest absolute Gasteiger partial charge is 0.744 e. The van der Waals surface area contributed by atoms with Gasteiger partial charge in [0.25, 0.3) is 0 Å². The van der Waals surface area contributed by atoms with Gasteiger partial charge < -0.3 is 24.5 Å². The number of hydrogen-bond donors (Lipinski definition) is 2. The summed E-state index contributed by atoms with van der Waals surface area (Å²) in [6, 6.07) is 7.03. The van der Waals surface area contributed by atoms with Crippen LogP contribution in [0.15, 0.2) is 46.2 Å². The Bertz CT molecular complexity index is 1290. The zero-order valence-corrected chi connectivity index (χ0v) is 24.4. The average Bonchev–Trinajstić information content (AvgIpc) is 2.65. The fourth-order valence-corrected chi connectivity index (χ4v) is 4.04. The van der Waals surface area contributed by atoms with Gasteiger partial charge >= 0.3 is 59.1 Å². The molecule has 0 saturated heterocycles. The summed E-state index contributed by atoms with van der Waals surface area (Å²) < 4.78 is 74.6. The molecule has 11 nitrogen and oxygen atoms in total. The summed E-state index contributed by atoms with van der Waals surface area (Å²) in [5.41, 5.74) is -0.102. The van der Waals surface area contributed by atoms with Crippen LogP contribution in [-0.4, -0.2) is 51.5 Å². The number of amides is 2. The number of rotatable bonds is 8. The van der Waals surface area contributed by atoms with Gasteiger partial charge in [-0.1, -0.05) is 24.3 Å². The minimum absolute atomic E-state index is 0. The molecule has 2 amide bonds. The number of nitrogens with one attached hydrogen (secondary N) is 2. The van der Waals surface area contributed by atoms with E-state index in [0.717, 1.165) is 24.3 Å². The Morgan fingerprint density at radius 2 is 1.26 bits per heavy atom. The largest absolute Gasteiger partial charge is 1.00 e. The van der Waals surface area contributed by atoms with Crippen molar-refractivity contribution < 1.29 is 99.4 Å². The summed E-state index contributed by atoms with van der Waals surface area (Å²) in [4.78, 5) is 21.4. The summed E-state index contributed by atoms with van der Waals surface area (Å²) in [6.45, 7) is 0.910. The molecule has 0 bridgehead atoms. The molecule has 172 valence electrons. The maximum absolute atomic E-state index is 11.7. The van der Waals surface area contributed by atoms with Gasteiger partial charge in [-0.2, -0.15) is 0 Å². The number of hydrogen-bond acceptors (Lipinski definition) is 9. The maximum atomic E-state index is 11.7. The first-order chi connectivity index (χ1) is 14.8. The van der Waals surface area contributed by atoms with E-state index in [-0.39, 0.29) is 88.2 Å². The van der Waals surface area contributed by atoms with Gasteiger partial charge in [0.05, 0.1) is 9.79 Å². The number of benzene rings is 2. The second-order valence-electron chi connectivity index (χ2n) is 6.41. The zero-order chi connectivity index (χ0) is 24.1. The van der Waals surface area contributed by atoms with Gasteiger partial charge in [-0.25, -0.2) is 16.8 Å². The standard InChI is InChI=1S/C19H20N2O9S2.2Na/c1-12(22)20-15-7-5-13(17(9-15)31(24,25)26)3-4-14-6-8-16(21-19(23)11-30-2)10-18(14)32(27,28)29;;/h3-10H,11H2,1-2H3,(H,20,22)(H,21,23)(H,24,25,26)(H,27,28,29);;/q;2*+1/p-2. The van der Waals surface area contributed by atoms with Crippen molar-refractivity contribution in [3.05, 3.63) is 47.5 Å². The third-order valence-electron chi connectivity index (χ3n) is 3.89. The molecule has 2 aromatic carbocycles. The van der Waals surface area contributed by atoms with Gasteiger partial charge in [0.15, 0.2) is 0 Å². The second kappa shape index (κ2) is 13.8. The number of methoxy groups -OCH3 is 1. The molecule has 0 aliphatic carbocycles. The Hall–Kier alpha value is -1.10. The monoisotopic (exact) mass is 528 g/mol. The minimum Gasteiger partial charge on any atom is -0.744 e. The Kier molecular flexibility index (Phi) is 13.4. The van der Waals surface area contributed by atoms with Crippen LogP contribution < -0.4 is 69.7 Å². The predicted molar refractivity (Wildman–Crippen MR) is 113 cm³/mol. The zero-order valence-electron chi connectivity index (χ0n) is 18.8. The van der Waals surface area contributed by atoms with E-state index in [1.807, 2.05) is 0 Å². The molecule has 34 heavy (non-hydrogen) atoms. The van der Waals surface area contributed by atoms with E-state index in [1.165, 1.54) is 38.3 Å². The van der Waals surface area contributed by atoms with Crippen molar-refractivity contribution in [3.8, 4) is 0 Å². The molecule has 0 radical (unpaired) electrons. The van der Waals surface area contributed by atoms with Crippen molar-refractivity contribution in [1.82, 2.24) is 0 Å². The van der Waals surface area contributed by atoms with E-state index in [1.54, 1.807) is 0 Å². The number of carbonyl (C=O) groups is 2. The fourth-order valence-electron chi connectivity index (χ4n) is 2.64. The second-order valence-corrected chi connectivity index (χ2v) is 9.11. The van der Waals surface area contributed by atoms with E-state index >= 15 is 0 Å². The van der Waals surface area contributed by atoms with Gasteiger partial charge in [0.2, 0.25) is 11.8 Å². The molecular formula is C19H18N2Na2O9S2. The molecular weight excluding hydrogens is 510 g/mol. The molecule has 0 spiro atoms. The summed E-state index contributed by atoms with van der Waals surface area (Å²) >= 11 is 0. The van der Waals surface area contributed by atoms with Crippen LogP contribution in [0.3, 0.4) is 0 Å². The van der Waals surface area contributed by atoms with Gasteiger partial charge in [-0.15, -0.1) is 0 Å². The normalized spacial score (nSPS) is 11.3. The van der Waals surface area contributed by atoms with Crippen LogP contribution in [-0.2, 0) is 34.6 Å². The van der Waals surface area contributed by atoms with E-state index in [9.17, 15) is 35.5 Å². The summed E-state index contributed by atoms with van der Waals surface area (Å²) in [5.74, 6) is -1.06. The molecule has 0 fully saturated rings. The van der Waals surface area contributed by atoms with E-state index < -0.39 is 41.8 Å². The van der Waals surface area contributed by atoms with Crippen molar-refractivity contribution in [2.24, 2.45) is 0 Å². The molecule has 2 N–H and O–H groups in total. The maximum Gasteiger partial charge on any atom is 1.00 e. The van der Waals surface area contributed by atoms with Crippen molar-refractivity contribution in [2.75, 3.05) is 24.4 Å². The Labute approximate surface area is 241 Å². The van der Waals surface area contributed by atoms with Gasteiger partial charge in [-0.3, -0.25) is 9.59 Å². The van der Waals surface area contributed by atoms with Gasteiger partial charge in [0.1, 0.15) is 26.8 Å².